The monoisotopic (exact) mass is 266 g/mol. The van der Waals surface area contributed by atoms with Gasteiger partial charge >= 0.3 is 0 Å². The van der Waals surface area contributed by atoms with Crippen molar-refractivity contribution < 1.29 is 5.11 Å². The number of phenols is 1. The number of aromatic nitrogens is 4. The number of rotatable bonds is 3. The molecule has 0 amide bonds. The molecule has 100 valence electrons. The number of para-hydroxylation sites is 1. The molecule has 0 unspecified atom stereocenters. The van der Waals surface area contributed by atoms with Gasteiger partial charge in [-0.25, -0.2) is 4.68 Å². The second-order valence-corrected chi connectivity index (χ2v) is 4.60. The predicted molar refractivity (Wildman–Crippen MR) is 75.2 cm³/mol. The summed E-state index contributed by atoms with van der Waals surface area (Å²) in [6.45, 7) is 2.46. The van der Waals surface area contributed by atoms with Crippen LogP contribution in [-0.4, -0.2) is 25.3 Å². The van der Waals surface area contributed by atoms with E-state index in [4.69, 9.17) is 0 Å². The van der Waals surface area contributed by atoms with Crippen molar-refractivity contribution in [1.82, 2.24) is 20.2 Å². The van der Waals surface area contributed by atoms with Crippen LogP contribution in [-0.2, 0) is 6.54 Å². The molecule has 5 nitrogen and oxygen atoms in total. The minimum absolute atomic E-state index is 0.249. The van der Waals surface area contributed by atoms with E-state index in [0.717, 1.165) is 16.7 Å². The summed E-state index contributed by atoms with van der Waals surface area (Å²) < 4.78 is 1.69. The van der Waals surface area contributed by atoms with Crippen LogP contribution < -0.4 is 0 Å². The molecular weight excluding hydrogens is 252 g/mol. The van der Waals surface area contributed by atoms with E-state index in [-0.39, 0.29) is 5.75 Å². The first-order chi connectivity index (χ1) is 9.75. The SMILES string of the molecule is Cc1ccccc1-c1nnnn1Cc1ccccc1O. The minimum Gasteiger partial charge on any atom is -0.508 e. The molecule has 0 saturated heterocycles. The lowest BCUT2D eigenvalue weighted by Crippen LogP contribution is -2.05. The van der Waals surface area contributed by atoms with Crippen LogP contribution in [0.5, 0.6) is 5.75 Å². The van der Waals surface area contributed by atoms with Crippen molar-refractivity contribution >= 4 is 0 Å². The van der Waals surface area contributed by atoms with Crippen molar-refractivity contribution in [3.05, 3.63) is 59.7 Å². The highest BCUT2D eigenvalue weighted by Crippen LogP contribution is 2.22. The Balaban J connectivity index is 2.00. The molecule has 0 radical (unpaired) electrons. The van der Waals surface area contributed by atoms with E-state index in [9.17, 15) is 5.11 Å². The molecule has 0 aliphatic rings. The Kier molecular flexibility index (Phi) is 3.16. The lowest BCUT2D eigenvalue weighted by Gasteiger charge is -2.08. The van der Waals surface area contributed by atoms with Gasteiger partial charge in [0.25, 0.3) is 0 Å². The van der Waals surface area contributed by atoms with Gasteiger partial charge in [-0.15, -0.1) is 5.10 Å². The van der Waals surface area contributed by atoms with Gasteiger partial charge in [-0.05, 0) is 29.0 Å². The van der Waals surface area contributed by atoms with E-state index in [2.05, 4.69) is 15.5 Å². The maximum atomic E-state index is 9.84. The zero-order valence-corrected chi connectivity index (χ0v) is 11.1. The van der Waals surface area contributed by atoms with E-state index >= 15 is 0 Å². The van der Waals surface area contributed by atoms with Gasteiger partial charge < -0.3 is 5.11 Å². The van der Waals surface area contributed by atoms with Crippen molar-refractivity contribution in [2.24, 2.45) is 0 Å². The first kappa shape index (κ1) is 12.3. The van der Waals surface area contributed by atoms with Gasteiger partial charge in [0.2, 0.25) is 0 Å². The van der Waals surface area contributed by atoms with Gasteiger partial charge in [-0.1, -0.05) is 42.5 Å². The zero-order valence-electron chi connectivity index (χ0n) is 11.1. The van der Waals surface area contributed by atoms with E-state index < -0.39 is 0 Å². The van der Waals surface area contributed by atoms with E-state index in [0.29, 0.717) is 12.4 Å². The molecule has 5 heteroatoms. The maximum absolute atomic E-state index is 9.84. The minimum atomic E-state index is 0.249. The number of phenolic OH excluding ortho intramolecular Hbond substituents is 1. The van der Waals surface area contributed by atoms with Crippen LogP contribution in [0.15, 0.2) is 48.5 Å². The van der Waals surface area contributed by atoms with Crippen molar-refractivity contribution in [2.45, 2.75) is 13.5 Å². The molecule has 0 aliphatic heterocycles. The average Bonchev–Trinajstić information content (AvgIpc) is 2.90. The quantitative estimate of drug-likeness (QED) is 0.790. The second-order valence-electron chi connectivity index (χ2n) is 4.60. The molecule has 0 saturated carbocycles. The summed E-state index contributed by atoms with van der Waals surface area (Å²) in [7, 11) is 0. The molecule has 1 aromatic heterocycles. The number of nitrogens with zero attached hydrogens (tertiary/aromatic N) is 4. The first-order valence-corrected chi connectivity index (χ1v) is 6.35. The molecule has 0 bridgehead atoms. The predicted octanol–water partition coefficient (Wildman–Crippen LogP) is 2.40. The average molecular weight is 266 g/mol. The van der Waals surface area contributed by atoms with Crippen LogP contribution in [0.25, 0.3) is 11.4 Å². The number of benzene rings is 2. The maximum Gasteiger partial charge on any atom is 0.182 e. The van der Waals surface area contributed by atoms with Gasteiger partial charge in [-0.3, -0.25) is 0 Å². The van der Waals surface area contributed by atoms with Crippen LogP contribution in [0.1, 0.15) is 11.1 Å². The lowest BCUT2D eigenvalue weighted by atomic mass is 10.1. The topological polar surface area (TPSA) is 63.8 Å². The fourth-order valence-electron chi connectivity index (χ4n) is 2.13. The molecule has 1 heterocycles. The van der Waals surface area contributed by atoms with Gasteiger partial charge in [0.1, 0.15) is 5.75 Å². The molecule has 0 spiro atoms. The summed E-state index contributed by atoms with van der Waals surface area (Å²) in [6, 6.07) is 15.1. The number of hydrogen-bond donors (Lipinski definition) is 1. The summed E-state index contributed by atoms with van der Waals surface area (Å²) in [5.74, 6) is 0.949. The Labute approximate surface area is 116 Å². The van der Waals surface area contributed by atoms with Gasteiger partial charge in [0.05, 0.1) is 6.54 Å². The van der Waals surface area contributed by atoms with Crippen molar-refractivity contribution in [1.29, 1.82) is 0 Å². The van der Waals surface area contributed by atoms with Gasteiger partial charge in [-0.2, -0.15) is 0 Å². The van der Waals surface area contributed by atoms with Crippen molar-refractivity contribution in [3.63, 3.8) is 0 Å². The molecular formula is C15H14N4O. The highest BCUT2D eigenvalue weighted by atomic mass is 16.3. The zero-order chi connectivity index (χ0) is 13.9. The second kappa shape index (κ2) is 5.13. The van der Waals surface area contributed by atoms with Crippen LogP contribution >= 0.6 is 0 Å². The Bertz CT molecular complexity index is 736. The van der Waals surface area contributed by atoms with E-state index in [1.165, 1.54) is 0 Å². The number of aryl methyl sites for hydroxylation is 1. The summed E-state index contributed by atoms with van der Waals surface area (Å²) in [5, 5.41) is 21.7. The molecule has 0 fully saturated rings. The molecule has 1 N–H and O–H groups in total. The highest BCUT2D eigenvalue weighted by Gasteiger charge is 2.12. The van der Waals surface area contributed by atoms with Gasteiger partial charge in [0, 0.05) is 11.1 Å². The number of tetrazole rings is 1. The molecule has 3 rings (SSSR count). The normalized spacial score (nSPS) is 10.7. The Morgan fingerprint density at radius 2 is 1.80 bits per heavy atom. The van der Waals surface area contributed by atoms with E-state index in [1.54, 1.807) is 16.8 Å². The third kappa shape index (κ3) is 2.25. The molecule has 0 aliphatic carbocycles. The number of hydrogen-bond acceptors (Lipinski definition) is 4. The first-order valence-electron chi connectivity index (χ1n) is 6.35. The van der Waals surface area contributed by atoms with Crippen molar-refractivity contribution in [3.8, 4) is 17.1 Å². The lowest BCUT2D eigenvalue weighted by molar-refractivity contribution is 0.463. The largest absolute Gasteiger partial charge is 0.508 e. The third-order valence-electron chi connectivity index (χ3n) is 3.23. The standard InChI is InChI=1S/C15H14N4O/c1-11-6-2-4-8-13(11)15-16-17-18-19(15)10-12-7-3-5-9-14(12)20/h2-9,20H,10H2,1H3. The molecule has 3 aromatic rings. The Morgan fingerprint density at radius 1 is 1.05 bits per heavy atom. The molecule has 20 heavy (non-hydrogen) atoms. The summed E-state index contributed by atoms with van der Waals surface area (Å²) in [6.07, 6.45) is 0. The number of aromatic hydroxyl groups is 1. The van der Waals surface area contributed by atoms with Crippen LogP contribution in [0.3, 0.4) is 0 Å². The summed E-state index contributed by atoms with van der Waals surface area (Å²) in [5.41, 5.74) is 2.89. The van der Waals surface area contributed by atoms with Crippen molar-refractivity contribution in [2.75, 3.05) is 0 Å². The fraction of sp³-hybridized carbons (Fsp3) is 0.133. The Hall–Kier alpha value is -2.69. The summed E-state index contributed by atoms with van der Waals surface area (Å²) >= 11 is 0. The molecule has 2 aromatic carbocycles. The van der Waals surface area contributed by atoms with Crippen LogP contribution in [0, 0.1) is 6.92 Å². The van der Waals surface area contributed by atoms with Crippen LogP contribution in [0.4, 0.5) is 0 Å². The Morgan fingerprint density at radius 3 is 2.60 bits per heavy atom. The fourth-order valence-corrected chi connectivity index (χ4v) is 2.13. The summed E-state index contributed by atoms with van der Waals surface area (Å²) in [4.78, 5) is 0. The van der Waals surface area contributed by atoms with E-state index in [1.807, 2.05) is 43.3 Å². The smallest absolute Gasteiger partial charge is 0.182 e. The third-order valence-corrected chi connectivity index (χ3v) is 3.23. The van der Waals surface area contributed by atoms with Crippen LogP contribution in [0.2, 0.25) is 0 Å². The highest BCUT2D eigenvalue weighted by molar-refractivity contribution is 5.59. The molecule has 0 atom stereocenters. The van der Waals surface area contributed by atoms with Gasteiger partial charge in [0.15, 0.2) is 5.82 Å².